The fraction of sp³-hybridized carbons (Fsp3) is 0.950. The lowest BCUT2D eigenvalue weighted by molar-refractivity contribution is -0.305. The van der Waals surface area contributed by atoms with Crippen LogP contribution in [-0.2, 0) is 23.7 Å². The van der Waals surface area contributed by atoms with Gasteiger partial charge >= 0.3 is 5.97 Å². The molecule has 0 amide bonds. The summed E-state index contributed by atoms with van der Waals surface area (Å²) in [5.41, 5.74) is 0. The van der Waals surface area contributed by atoms with Gasteiger partial charge in [-0.25, -0.2) is 0 Å². The van der Waals surface area contributed by atoms with Gasteiger partial charge in [-0.3, -0.25) is 4.79 Å². The highest BCUT2D eigenvalue weighted by molar-refractivity contribution is 5.69. The van der Waals surface area contributed by atoms with Crippen molar-refractivity contribution in [1.82, 2.24) is 0 Å². The third kappa shape index (κ3) is 42.0. The lowest BCUT2D eigenvalue weighted by Gasteiger charge is -2.39. The molecule has 410 valence electrons. The predicted molar refractivity (Wildman–Crippen MR) is 289 cm³/mol. The van der Waals surface area contributed by atoms with E-state index in [0.717, 1.165) is 32.1 Å². The van der Waals surface area contributed by atoms with Crippen molar-refractivity contribution < 1.29 is 44.2 Å². The quantitative estimate of drug-likeness (QED) is 0.0267. The first-order valence-corrected chi connectivity index (χ1v) is 30.3. The summed E-state index contributed by atoms with van der Waals surface area (Å²) in [5.74, 6) is -0.304. The zero-order valence-electron chi connectivity index (χ0n) is 45.6. The monoisotopic (exact) mass is 981 g/mol. The second kappa shape index (κ2) is 51.8. The predicted octanol–water partition coefficient (Wildman–Crippen LogP) is 15.9. The molecule has 0 aromatic rings. The summed E-state index contributed by atoms with van der Waals surface area (Å²) in [6, 6.07) is 0. The Morgan fingerprint density at radius 1 is 0.449 bits per heavy atom. The van der Waals surface area contributed by atoms with E-state index in [1.165, 1.54) is 250 Å². The first-order chi connectivity index (χ1) is 33.9. The molecule has 0 aromatic heterocycles. The summed E-state index contributed by atoms with van der Waals surface area (Å²) in [5, 5.41) is 40.4. The average Bonchev–Trinajstić information content (AvgIpc) is 3.35. The molecule has 9 nitrogen and oxygen atoms in total. The van der Waals surface area contributed by atoms with Crippen LogP contribution in [-0.4, -0.2) is 89.6 Å². The Morgan fingerprint density at radius 2 is 0.797 bits per heavy atom. The normalized spacial score (nSPS) is 19.0. The van der Waals surface area contributed by atoms with Crippen molar-refractivity contribution in [2.45, 2.75) is 340 Å². The second-order valence-electron chi connectivity index (χ2n) is 21.2. The third-order valence-electron chi connectivity index (χ3n) is 14.4. The number of rotatable bonds is 54. The topological polar surface area (TPSA) is 135 Å². The Kier molecular flexibility index (Phi) is 49.5. The molecule has 0 spiro atoms. The Bertz CT molecular complexity index is 1070. The number of carbonyl (C=O) groups is 1. The van der Waals surface area contributed by atoms with E-state index in [2.05, 4.69) is 26.0 Å². The van der Waals surface area contributed by atoms with E-state index < -0.39 is 43.4 Å². The number of hydrogen-bond acceptors (Lipinski definition) is 9. The summed E-state index contributed by atoms with van der Waals surface area (Å²) in [4.78, 5) is 12.9. The molecule has 1 fully saturated rings. The van der Waals surface area contributed by atoms with Crippen molar-refractivity contribution in [3.05, 3.63) is 12.2 Å². The molecule has 1 heterocycles. The maximum absolute atomic E-state index is 12.9. The second-order valence-corrected chi connectivity index (χ2v) is 21.2. The van der Waals surface area contributed by atoms with Crippen LogP contribution in [0.4, 0.5) is 0 Å². The third-order valence-corrected chi connectivity index (χ3v) is 14.4. The number of aliphatic hydroxyl groups excluding tert-OH is 4. The average molecular weight is 982 g/mol. The van der Waals surface area contributed by atoms with Crippen LogP contribution in [0.25, 0.3) is 0 Å². The van der Waals surface area contributed by atoms with Crippen molar-refractivity contribution in [1.29, 1.82) is 0 Å². The molecular formula is C60H116O9. The van der Waals surface area contributed by atoms with E-state index in [1.807, 2.05) is 0 Å². The van der Waals surface area contributed by atoms with Gasteiger partial charge in [-0.1, -0.05) is 270 Å². The summed E-state index contributed by atoms with van der Waals surface area (Å²) >= 11 is 0. The highest BCUT2D eigenvalue weighted by Gasteiger charge is 2.44. The first-order valence-electron chi connectivity index (χ1n) is 30.3. The van der Waals surface area contributed by atoms with Crippen molar-refractivity contribution in [2.75, 3.05) is 26.4 Å². The van der Waals surface area contributed by atoms with Crippen molar-refractivity contribution >= 4 is 5.97 Å². The lowest BCUT2D eigenvalue weighted by atomic mass is 9.99. The maximum atomic E-state index is 12.9. The van der Waals surface area contributed by atoms with Gasteiger partial charge in [-0.05, 0) is 38.5 Å². The minimum atomic E-state index is -1.53. The molecule has 1 aliphatic heterocycles. The molecule has 6 atom stereocenters. The zero-order valence-corrected chi connectivity index (χ0v) is 45.6. The minimum absolute atomic E-state index is 0.106. The van der Waals surface area contributed by atoms with E-state index in [-0.39, 0.29) is 19.2 Å². The van der Waals surface area contributed by atoms with Gasteiger partial charge in [0.05, 0.1) is 19.8 Å². The Morgan fingerprint density at radius 3 is 1.17 bits per heavy atom. The van der Waals surface area contributed by atoms with Crippen LogP contribution in [0.3, 0.4) is 0 Å². The maximum Gasteiger partial charge on any atom is 0.306 e. The Labute approximate surface area is 426 Å². The number of esters is 1. The molecule has 0 bridgehead atoms. The number of unbranched alkanes of at least 4 members (excludes halogenated alkanes) is 41. The van der Waals surface area contributed by atoms with Gasteiger partial charge in [-0.15, -0.1) is 0 Å². The van der Waals surface area contributed by atoms with Gasteiger partial charge < -0.3 is 39.4 Å². The van der Waals surface area contributed by atoms with Gasteiger partial charge in [0, 0.05) is 13.0 Å². The smallest absolute Gasteiger partial charge is 0.306 e. The number of allylic oxidation sites excluding steroid dienone is 2. The van der Waals surface area contributed by atoms with Crippen LogP contribution in [0.5, 0.6) is 0 Å². The van der Waals surface area contributed by atoms with Crippen LogP contribution < -0.4 is 0 Å². The summed E-state index contributed by atoms with van der Waals surface area (Å²) < 4.78 is 23.0. The van der Waals surface area contributed by atoms with E-state index in [1.54, 1.807) is 0 Å². The standard InChI is InChI=1S/C60H116O9/c1-3-5-7-9-11-13-15-17-19-21-23-25-26-27-28-29-30-32-34-36-38-40-42-44-46-48-50-66-52-54(53-67-60-59(65)58(64)57(63)55(51-61)69-60)68-56(62)49-47-45-43-41-39-37-35-33-31-24-22-20-18-16-14-12-10-8-6-4-2/h21,23,54-55,57-61,63-65H,3-20,22,24-53H2,1-2H3/b23-21-. The van der Waals surface area contributed by atoms with Crippen molar-refractivity contribution in [3.8, 4) is 0 Å². The molecule has 1 rings (SSSR count). The van der Waals surface area contributed by atoms with Crippen LogP contribution in [0.15, 0.2) is 12.2 Å². The van der Waals surface area contributed by atoms with Crippen LogP contribution in [0.1, 0.15) is 303 Å². The molecule has 69 heavy (non-hydrogen) atoms. The fourth-order valence-corrected chi connectivity index (χ4v) is 9.73. The zero-order chi connectivity index (χ0) is 49.9. The van der Waals surface area contributed by atoms with Gasteiger partial charge in [0.15, 0.2) is 6.29 Å². The molecule has 4 N–H and O–H groups in total. The molecule has 0 saturated carbocycles. The summed E-state index contributed by atoms with van der Waals surface area (Å²) in [7, 11) is 0. The minimum Gasteiger partial charge on any atom is -0.457 e. The highest BCUT2D eigenvalue weighted by Crippen LogP contribution is 2.23. The number of ether oxygens (including phenoxy) is 4. The van der Waals surface area contributed by atoms with Gasteiger partial charge in [0.1, 0.15) is 30.5 Å². The number of carbonyl (C=O) groups excluding carboxylic acids is 1. The van der Waals surface area contributed by atoms with Gasteiger partial charge in [0.2, 0.25) is 0 Å². The van der Waals surface area contributed by atoms with E-state index in [0.29, 0.717) is 13.0 Å². The number of aliphatic hydroxyl groups is 4. The van der Waals surface area contributed by atoms with Gasteiger partial charge in [-0.2, -0.15) is 0 Å². The molecule has 1 saturated heterocycles. The molecule has 9 heteroatoms. The largest absolute Gasteiger partial charge is 0.457 e. The van der Waals surface area contributed by atoms with E-state index >= 15 is 0 Å². The molecule has 6 unspecified atom stereocenters. The van der Waals surface area contributed by atoms with E-state index in [4.69, 9.17) is 18.9 Å². The first kappa shape index (κ1) is 65.9. The SMILES string of the molecule is CCCCCCCCCC/C=C\CCCCCCCCCCCCCCCCOCC(COC1OC(CO)C(O)C(O)C1O)OC(=O)CCCCCCCCCCCCCCCCCCCCCC. The van der Waals surface area contributed by atoms with Crippen molar-refractivity contribution in [2.24, 2.45) is 0 Å². The summed E-state index contributed by atoms with van der Waals surface area (Å²) in [6.07, 6.45) is 55.6. The van der Waals surface area contributed by atoms with Crippen LogP contribution in [0, 0.1) is 0 Å². The number of hydrogen-bond donors (Lipinski definition) is 4. The molecular weight excluding hydrogens is 865 g/mol. The summed E-state index contributed by atoms with van der Waals surface area (Å²) in [6.45, 7) is 4.64. The van der Waals surface area contributed by atoms with Crippen molar-refractivity contribution in [3.63, 3.8) is 0 Å². The molecule has 0 radical (unpaired) electrons. The molecule has 0 aromatic carbocycles. The Balaban J connectivity index is 2.11. The molecule has 0 aliphatic carbocycles. The lowest BCUT2D eigenvalue weighted by Crippen LogP contribution is -2.59. The van der Waals surface area contributed by atoms with Crippen LogP contribution >= 0.6 is 0 Å². The molecule has 1 aliphatic rings. The van der Waals surface area contributed by atoms with Gasteiger partial charge in [0.25, 0.3) is 0 Å². The Hall–Kier alpha value is -1.07. The van der Waals surface area contributed by atoms with E-state index in [9.17, 15) is 25.2 Å². The fourth-order valence-electron chi connectivity index (χ4n) is 9.73. The van der Waals surface area contributed by atoms with Crippen LogP contribution in [0.2, 0.25) is 0 Å². The highest BCUT2D eigenvalue weighted by atomic mass is 16.7.